The number of aliphatic hydroxyl groups is 1. The molecule has 0 aromatic heterocycles. The Morgan fingerprint density at radius 2 is 1.86 bits per heavy atom. The quantitative estimate of drug-likeness (QED) is 0.349. The predicted octanol–water partition coefficient (Wildman–Crippen LogP) is 1.81. The lowest BCUT2D eigenvalue weighted by Crippen LogP contribution is -2.50. The first kappa shape index (κ1) is 26.7. The third-order valence-corrected chi connectivity index (χ3v) is 6.28. The fourth-order valence-corrected chi connectivity index (χ4v) is 4.20. The minimum Gasteiger partial charge on any atom is -0.390 e. The van der Waals surface area contributed by atoms with Gasteiger partial charge in [0.2, 0.25) is 5.91 Å². The van der Waals surface area contributed by atoms with Gasteiger partial charge in [-0.25, -0.2) is 8.78 Å². The maximum Gasteiger partial charge on any atom is 0.251 e. The van der Waals surface area contributed by atoms with Crippen LogP contribution in [0.2, 0.25) is 0 Å². The van der Waals surface area contributed by atoms with E-state index in [1.807, 2.05) is 18.2 Å². The molecule has 0 aliphatic carbocycles. The summed E-state index contributed by atoms with van der Waals surface area (Å²) in [7, 11) is 1.52. The molecular weight excluding hydrogens is 474 g/mol. The number of hydrogen-bond donors (Lipinski definition) is 4. The van der Waals surface area contributed by atoms with Crippen LogP contribution in [0.4, 0.5) is 8.78 Å². The van der Waals surface area contributed by atoms with Crippen molar-refractivity contribution in [3.8, 4) is 0 Å². The van der Waals surface area contributed by atoms with E-state index < -0.39 is 35.7 Å². The van der Waals surface area contributed by atoms with Crippen molar-refractivity contribution in [3.05, 3.63) is 70.8 Å². The standard InChI is InChI=1S/C25H30F2N4O3S/c1-3-15-5-4-6-16(7-15)13-28-14-22(32)20(10-17-8-18(26)11-19(27)9-17)29-23(33)12-21-24(34)31(2)25(35)30-21/h4-9,11,20-22,28,32H,3,10,12-14H2,1-2H3,(H,29,33)(H,30,35). The van der Waals surface area contributed by atoms with Crippen LogP contribution in [0.15, 0.2) is 42.5 Å². The molecular formula is C25H30F2N4O3S. The zero-order valence-electron chi connectivity index (χ0n) is 19.7. The number of aryl methyl sites for hydroxylation is 1. The van der Waals surface area contributed by atoms with E-state index >= 15 is 0 Å². The van der Waals surface area contributed by atoms with E-state index in [9.17, 15) is 23.5 Å². The number of rotatable bonds is 11. The average Bonchev–Trinajstić information content (AvgIpc) is 3.04. The molecule has 0 saturated carbocycles. The van der Waals surface area contributed by atoms with E-state index in [1.54, 1.807) is 0 Å². The van der Waals surface area contributed by atoms with Crippen molar-refractivity contribution in [2.45, 2.75) is 50.9 Å². The number of carbonyl (C=O) groups excluding carboxylic acids is 2. The predicted molar refractivity (Wildman–Crippen MR) is 132 cm³/mol. The summed E-state index contributed by atoms with van der Waals surface area (Å²) in [5, 5.41) is 19.8. The molecule has 7 nitrogen and oxygen atoms in total. The van der Waals surface area contributed by atoms with E-state index in [4.69, 9.17) is 12.2 Å². The molecule has 2 amide bonds. The molecule has 1 aliphatic heterocycles. The number of carbonyl (C=O) groups is 2. The Kier molecular flexibility index (Phi) is 9.25. The first-order valence-corrected chi connectivity index (χ1v) is 11.9. The smallest absolute Gasteiger partial charge is 0.251 e. The van der Waals surface area contributed by atoms with Gasteiger partial charge in [0.05, 0.1) is 18.6 Å². The number of benzene rings is 2. The Bertz CT molecular complexity index is 1060. The van der Waals surface area contributed by atoms with Crippen molar-refractivity contribution in [2.24, 2.45) is 0 Å². The third kappa shape index (κ3) is 7.51. The number of nitrogens with one attached hydrogen (secondary N) is 3. The first-order chi connectivity index (χ1) is 16.7. The van der Waals surface area contributed by atoms with Gasteiger partial charge in [-0.1, -0.05) is 31.2 Å². The van der Waals surface area contributed by atoms with Gasteiger partial charge in [0, 0.05) is 26.2 Å². The van der Waals surface area contributed by atoms with E-state index in [0.717, 1.165) is 30.2 Å². The minimum absolute atomic E-state index is 0.00105. The summed E-state index contributed by atoms with van der Waals surface area (Å²) in [4.78, 5) is 26.2. The molecule has 1 fully saturated rings. The maximum atomic E-state index is 13.7. The SMILES string of the molecule is CCc1cccc(CNCC(O)C(Cc2cc(F)cc(F)c2)NC(=O)CC2NC(=S)N(C)C2=O)c1. The van der Waals surface area contributed by atoms with Crippen molar-refractivity contribution in [1.82, 2.24) is 20.9 Å². The van der Waals surface area contributed by atoms with Gasteiger partial charge in [-0.15, -0.1) is 0 Å². The highest BCUT2D eigenvalue weighted by atomic mass is 32.1. The van der Waals surface area contributed by atoms with Gasteiger partial charge in [-0.3, -0.25) is 14.5 Å². The second kappa shape index (κ2) is 12.1. The number of likely N-dealkylation sites (N-methyl/N-ethyl adjacent to an activating group) is 1. The molecule has 2 aromatic rings. The van der Waals surface area contributed by atoms with Gasteiger partial charge in [-0.2, -0.15) is 0 Å². The summed E-state index contributed by atoms with van der Waals surface area (Å²) in [6.07, 6.45) is -0.343. The summed E-state index contributed by atoms with van der Waals surface area (Å²) in [6, 6.07) is 9.48. The Hall–Kier alpha value is -2.95. The van der Waals surface area contributed by atoms with Gasteiger partial charge in [0.25, 0.3) is 5.91 Å². The molecule has 4 N–H and O–H groups in total. The molecule has 0 bridgehead atoms. The minimum atomic E-state index is -1.06. The van der Waals surface area contributed by atoms with Crippen LogP contribution in [0.3, 0.4) is 0 Å². The molecule has 3 unspecified atom stereocenters. The maximum absolute atomic E-state index is 13.7. The lowest BCUT2D eigenvalue weighted by atomic mass is 10.00. The largest absolute Gasteiger partial charge is 0.390 e. The van der Waals surface area contributed by atoms with Gasteiger partial charge < -0.3 is 21.1 Å². The molecule has 1 saturated heterocycles. The second-order valence-corrected chi connectivity index (χ2v) is 9.02. The highest BCUT2D eigenvalue weighted by Crippen LogP contribution is 2.13. The fraction of sp³-hybridized carbons (Fsp3) is 0.400. The van der Waals surface area contributed by atoms with Crippen molar-refractivity contribution in [1.29, 1.82) is 0 Å². The Balaban J connectivity index is 1.65. The fourth-order valence-electron chi connectivity index (χ4n) is 3.96. The second-order valence-electron chi connectivity index (χ2n) is 8.63. The molecule has 188 valence electrons. The summed E-state index contributed by atoms with van der Waals surface area (Å²) in [6.45, 7) is 2.70. The molecule has 3 rings (SSSR count). The van der Waals surface area contributed by atoms with Crippen molar-refractivity contribution < 1.29 is 23.5 Å². The van der Waals surface area contributed by atoms with Gasteiger partial charge in [0.1, 0.15) is 17.7 Å². The van der Waals surface area contributed by atoms with Crippen LogP contribution in [0.5, 0.6) is 0 Å². The van der Waals surface area contributed by atoms with Gasteiger partial charge >= 0.3 is 0 Å². The number of thiocarbonyl (C=S) groups is 1. The highest BCUT2D eigenvalue weighted by molar-refractivity contribution is 7.80. The molecule has 0 radical (unpaired) electrons. The molecule has 3 atom stereocenters. The summed E-state index contributed by atoms with van der Waals surface area (Å²) in [5.74, 6) is -2.31. The first-order valence-electron chi connectivity index (χ1n) is 11.4. The normalized spacial score (nSPS) is 17.3. The van der Waals surface area contributed by atoms with Gasteiger partial charge in [0.15, 0.2) is 5.11 Å². The van der Waals surface area contributed by atoms with Crippen LogP contribution in [0.25, 0.3) is 0 Å². The molecule has 0 spiro atoms. The Morgan fingerprint density at radius 3 is 2.49 bits per heavy atom. The average molecular weight is 505 g/mol. The van der Waals surface area contributed by atoms with Crippen LogP contribution in [0, 0.1) is 11.6 Å². The van der Waals surface area contributed by atoms with Crippen molar-refractivity contribution in [2.75, 3.05) is 13.6 Å². The van der Waals surface area contributed by atoms with Crippen LogP contribution in [0.1, 0.15) is 30.0 Å². The third-order valence-electron chi connectivity index (χ3n) is 5.89. The topological polar surface area (TPSA) is 93.7 Å². The Morgan fingerprint density at radius 1 is 1.17 bits per heavy atom. The van der Waals surface area contributed by atoms with E-state index in [1.165, 1.54) is 17.5 Å². The van der Waals surface area contributed by atoms with E-state index in [-0.39, 0.29) is 30.4 Å². The molecule has 35 heavy (non-hydrogen) atoms. The zero-order chi connectivity index (χ0) is 25.5. The number of nitrogens with zero attached hydrogens (tertiary/aromatic N) is 1. The highest BCUT2D eigenvalue weighted by Gasteiger charge is 2.35. The van der Waals surface area contributed by atoms with E-state index in [2.05, 4.69) is 28.9 Å². The van der Waals surface area contributed by atoms with Crippen LogP contribution >= 0.6 is 12.2 Å². The molecule has 1 aliphatic rings. The summed E-state index contributed by atoms with van der Waals surface area (Å²) >= 11 is 5.04. The summed E-state index contributed by atoms with van der Waals surface area (Å²) < 4.78 is 27.4. The summed E-state index contributed by atoms with van der Waals surface area (Å²) in [5.41, 5.74) is 2.54. The number of aliphatic hydroxyl groups excluding tert-OH is 1. The van der Waals surface area contributed by atoms with Gasteiger partial charge in [-0.05, 0) is 53.9 Å². The number of hydrogen-bond acceptors (Lipinski definition) is 5. The van der Waals surface area contributed by atoms with Crippen LogP contribution in [-0.2, 0) is 29.0 Å². The van der Waals surface area contributed by atoms with Crippen LogP contribution < -0.4 is 16.0 Å². The molecule has 10 heteroatoms. The lowest BCUT2D eigenvalue weighted by Gasteiger charge is -2.25. The lowest BCUT2D eigenvalue weighted by molar-refractivity contribution is -0.130. The zero-order valence-corrected chi connectivity index (χ0v) is 20.5. The Labute approximate surface area is 208 Å². The monoisotopic (exact) mass is 504 g/mol. The number of halogens is 2. The number of amides is 2. The van der Waals surface area contributed by atoms with Crippen molar-refractivity contribution >= 4 is 29.1 Å². The molecule has 1 heterocycles. The van der Waals surface area contributed by atoms with Crippen molar-refractivity contribution in [3.63, 3.8) is 0 Å². The molecule has 2 aromatic carbocycles. The van der Waals surface area contributed by atoms with Crippen LogP contribution in [-0.4, -0.2) is 58.7 Å². The van der Waals surface area contributed by atoms with E-state index in [0.29, 0.717) is 12.1 Å².